The van der Waals surface area contributed by atoms with Crippen molar-refractivity contribution in [3.8, 4) is 0 Å². The summed E-state index contributed by atoms with van der Waals surface area (Å²) in [5.41, 5.74) is 1.06. The van der Waals surface area contributed by atoms with Gasteiger partial charge < -0.3 is 5.32 Å². The lowest BCUT2D eigenvalue weighted by Crippen LogP contribution is -2.13. The first kappa shape index (κ1) is 12.7. The van der Waals surface area contributed by atoms with E-state index in [4.69, 9.17) is 0 Å². The number of nitrogens with one attached hydrogen (secondary N) is 1. The summed E-state index contributed by atoms with van der Waals surface area (Å²) in [6.45, 7) is 4.16. The number of hydrogen-bond donors (Lipinski definition) is 1. The Morgan fingerprint density at radius 1 is 1.33 bits per heavy atom. The van der Waals surface area contributed by atoms with E-state index in [-0.39, 0.29) is 5.82 Å². The Labute approximate surface area is 99.2 Å². The molecule has 3 heteroatoms. The fourth-order valence-electron chi connectivity index (χ4n) is 1.48. The number of halogens is 2. The van der Waals surface area contributed by atoms with Gasteiger partial charge in [-0.3, -0.25) is 0 Å². The highest BCUT2D eigenvalue weighted by molar-refractivity contribution is 9.10. The summed E-state index contributed by atoms with van der Waals surface area (Å²) in [5, 5.41) is 3.27. The number of benzene rings is 1. The third-order valence-electron chi connectivity index (χ3n) is 2.31. The minimum absolute atomic E-state index is 0.153. The van der Waals surface area contributed by atoms with Crippen LogP contribution in [0.4, 0.5) is 4.39 Å². The van der Waals surface area contributed by atoms with Gasteiger partial charge in [0.2, 0.25) is 0 Å². The van der Waals surface area contributed by atoms with Crippen molar-refractivity contribution >= 4 is 15.9 Å². The van der Waals surface area contributed by atoms with E-state index in [0.717, 1.165) is 42.4 Å². The average Bonchev–Trinajstić information content (AvgIpc) is 2.23. The van der Waals surface area contributed by atoms with Crippen molar-refractivity contribution in [3.63, 3.8) is 0 Å². The molecule has 0 amide bonds. The standard InChI is InChI=1S/C12H17BrFN/c1-2-15-8-4-3-5-10-9-11(14)6-7-12(10)13/h6-7,9,15H,2-5,8H2,1H3. The van der Waals surface area contributed by atoms with Gasteiger partial charge >= 0.3 is 0 Å². The van der Waals surface area contributed by atoms with E-state index in [0.29, 0.717) is 0 Å². The van der Waals surface area contributed by atoms with Gasteiger partial charge in [0, 0.05) is 4.47 Å². The van der Waals surface area contributed by atoms with Crippen molar-refractivity contribution < 1.29 is 4.39 Å². The van der Waals surface area contributed by atoms with Gasteiger partial charge in [0.1, 0.15) is 5.82 Å². The Morgan fingerprint density at radius 2 is 2.13 bits per heavy atom. The monoisotopic (exact) mass is 273 g/mol. The molecule has 1 aromatic rings. The molecule has 1 nitrogen and oxygen atoms in total. The molecular formula is C12H17BrFN. The summed E-state index contributed by atoms with van der Waals surface area (Å²) in [4.78, 5) is 0. The van der Waals surface area contributed by atoms with E-state index in [9.17, 15) is 4.39 Å². The van der Waals surface area contributed by atoms with Crippen LogP contribution in [0.15, 0.2) is 22.7 Å². The van der Waals surface area contributed by atoms with Crippen LogP contribution >= 0.6 is 15.9 Å². The van der Waals surface area contributed by atoms with Crippen molar-refractivity contribution in [1.82, 2.24) is 5.32 Å². The van der Waals surface area contributed by atoms with Gasteiger partial charge in [0.25, 0.3) is 0 Å². The minimum Gasteiger partial charge on any atom is -0.317 e. The van der Waals surface area contributed by atoms with Crippen LogP contribution in [-0.2, 0) is 6.42 Å². The van der Waals surface area contributed by atoms with Crippen LogP contribution in [0.2, 0.25) is 0 Å². The molecule has 0 unspecified atom stereocenters. The fourth-order valence-corrected chi connectivity index (χ4v) is 1.92. The average molecular weight is 274 g/mol. The van der Waals surface area contributed by atoms with Crippen molar-refractivity contribution in [2.75, 3.05) is 13.1 Å². The molecule has 0 aromatic heterocycles. The Bertz CT molecular complexity index is 302. The third-order valence-corrected chi connectivity index (χ3v) is 3.08. The van der Waals surface area contributed by atoms with Crippen LogP contribution in [0, 0.1) is 5.82 Å². The van der Waals surface area contributed by atoms with Crippen LogP contribution in [0.3, 0.4) is 0 Å². The maximum Gasteiger partial charge on any atom is 0.123 e. The predicted molar refractivity (Wildman–Crippen MR) is 65.6 cm³/mol. The summed E-state index contributed by atoms with van der Waals surface area (Å²) in [5.74, 6) is -0.153. The molecule has 0 saturated carbocycles. The molecular weight excluding hydrogens is 257 g/mol. The SMILES string of the molecule is CCNCCCCc1cc(F)ccc1Br. The number of rotatable bonds is 6. The summed E-state index contributed by atoms with van der Waals surface area (Å²) < 4.78 is 14.0. The van der Waals surface area contributed by atoms with Gasteiger partial charge in [-0.15, -0.1) is 0 Å². The molecule has 15 heavy (non-hydrogen) atoms. The second-order valence-corrected chi connectivity index (χ2v) is 4.40. The topological polar surface area (TPSA) is 12.0 Å². The normalized spacial score (nSPS) is 10.6. The highest BCUT2D eigenvalue weighted by Crippen LogP contribution is 2.19. The highest BCUT2D eigenvalue weighted by atomic mass is 79.9. The van der Waals surface area contributed by atoms with Gasteiger partial charge in [-0.25, -0.2) is 4.39 Å². The zero-order chi connectivity index (χ0) is 11.1. The van der Waals surface area contributed by atoms with Crippen molar-refractivity contribution in [1.29, 1.82) is 0 Å². The molecule has 84 valence electrons. The molecule has 0 aliphatic carbocycles. The molecule has 0 atom stereocenters. The highest BCUT2D eigenvalue weighted by Gasteiger charge is 2.01. The van der Waals surface area contributed by atoms with Crippen LogP contribution < -0.4 is 5.32 Å². The molecule has 0 aliphatic rings. The Kier molecular flexibility index (Phi) is 5.88. The minimum atomic E-state index is -0.153. The summed E-state index contributed by atoms with van der Waals surface area (Å²) in [6.07, 6.45) is 3.16. The second-order valence-electron chi connectivity index (χ2n) is 3.55. The second kappa shape index (κ2) is 6.96. The lowest BCUT2D eigenvalue weighted by atomic mass is 10.1. The number of hydrogen-bond acceptors (Lipinski definition) is 1. The van der Waals surface area contributed by atoms with Gasteiger partial charge in [-0.2, -0.15) is 0 Å². The van der Waals surface area contributed by atoms with Crippen molar-refractivity contribution in [2.24, 2.45) is 0 Å². The van der Waals surface area contributed by atoms with E-state index in [1.165, 1.54) is 6.07 Å². The molecule has 0 fully saturated rings. The Hall–Kier alpha value is -0.410. The molecule has 1 N–H and O–H groups in total. The maximum absolute atomic E-state index is 12.9. The first-order valence-corrected chi connectivity index (χ1v) is 6.18. The van der Waals surface area contributed by atoms with E-state index in [2.05, 4.69) is 28.2 Å². The molecule has 0 aliphatic heterocycles. The van der Waals surface area contributed by atoms with Crippen LogP contribution in [0.25, 0.3) is 0 Å². The van der Waals surface area contributed by atoms with E-state index < -0.39 is 0 Å². The first-order valence-electron chi connectivity index (χ1n) is 5.38. The largest absolute Gasteiger partial charge is 0.317 e. The molecule has 0 saturated heterocycles. The van der Waals surface area contributed by atoms with Crippen molar-refractivity contribution in [3.05, 3.63) is 34.1 Å². The molecule has 0 spiro atoms. The van der Waals surface area contributed by atoms with Crippen LogP contribution in [-0.4, -0.2) is 13.1 Å². The van der Waals surface area contributed by atoms with Crippen LogP contribution in [0.5, 0.6) is 0 Å². The van der Waals surface area contributed by atoms with E-state index in [1.807, 2.05) is 0 Å². The Balaban J connectivity index is 2.33. The summed E-state index contributed by atoms with van der Waals surface area (Å²) >= 11 is 3.43. The zero-order valence-electron chi connectivity index (χ0n) is 9.02. The maximum atomic E-state index is 12.9. The summed E-state index contributed by atoms with van der Waals surface area (Å²) in [7, 11) is 0. The Morgan fingerprint density at radius 3 is 2.87 bits per heavy atom. The molecule has 1 aromatic carbocycles. The smallest absolute Gasteiger partial charge is 0.123 e. The molecule has 1 rings (SSSR count). The molecule has 0 heterocycles. The van der Waals surface area contributed by atoms with Gasteiger partial charge in [-0.05, 0) is 56.1 Å². The lowest BCUT2D eigenvalue weighted by Gasteiger charge is -2.05. The molecule has 0 radical (unpaired) electrons. The zero-order valence-corrected chi connectivity index (χ0v) is 10.6. The molecule has 0 bridgehead atoms. The van der Waals surface area contributed by atoms with Crippen molar-refractivity contribution in [2.45, 2.75) is 26.2 Å². The fraction of sp³-hybridized carbons (Fsp3) is 0.500. The van der Waals surface area contributed by atoms with Gasteiger partial charge in [0.05, 0.1) is 0 Å². The van der Waals surface area contributed by atoms with E-state index in [1.54, 1.807) is 12.1 Å². The van der Waals surface area contributed by atoms with E-state index >= 15 is 0 Å². The number of aryl methyl sites for hydroxylation is 1. The third kappa shape index (κ3) is 4.76. The first-order chi connectivity index (χ1) is 7.24. The summed E-state index contributed by atoms with van der Waals surface area (Å²) in [6, 6.07) is 4.86. The number of unbranched alkanes of at least 4 members (excludes halogenated alkanes) is 1. The van der Waals surface area contributed by atoms with Gasteiger partial charge in [-0.1, -0.05) is 22.9 Å². The predicted octanol–water partition coefficient (Wildman–Crippen LogP) is 3.52. The van der Waals surface area contributed by atoms with Crippen LogP contribution in [0.1, 0.15) is 25.3 Å². The lowest BCUT2D eigenvalue weighted by molar-refractivity contribution is 0.618. The quantitative estimate of drug-likeness (QED) is 0.783. The van der Waals surface area contributed by atoms with Gasteiger partial charge in [0.15, 0.2) is 0 Å².